The van der Waals surface area contributed by atoms with Crippen LogP contribution in [0.1, 0.15) is 26.2 Å². The van der Waals surface area contributed by atoms with Crippen molar-refractivity contribution >= 4 is 0 Å². The van der Waals surface area contributed by atoms with Crippen LogP contribution in [-0.2, 0) is 0 Å². The van der Waals surface area contributed by atoms with Crippen molar-refractivity contribution in [3.05, 3.63) is 0 Å². The first-order chi connectivity index (χ1) is 3.36. The smallest absolute Gasteiger partial charge is 0.0380 e. The molecule has 7 heavy (non-hydrogen) atoms. The van der Waals surface area contributed by atoms with Gasteiger partial charge in [0.2, 0.25) is 0 Å². The van der Waals surface area contributed by atoms with Crippen LogP contribution in [0, 0.1) is 17.8 Å². The van der Waals surface area contributed by atoms with Gasteiger partial charge in [-0.25, -0.2) is 0 Å². The van der Waals surface area contributed by atoms with Gasteiger partial charge in [0.05, 0.1) is 0 Å². The summed E-state index contributed by atoms with van der Waals surface area (Å²) < 4.78 is 0. The summed E-state index contributed by atoms with van der Waals surface area (Å²) in [5.41, 5.74) is 0. The summed E-state index contributed by atoms with van der Waals surface area (Å²) in [4.78, 5) is 0. The fourth-order valence-corrected chi connectivity index (χ4v) is 2.02. The van der Waals surface area contributed by atoms with Crippen LogP contribution in [-0.4, -0.2) is 0 Å². The summed E-state index contributed by atoms with van der Waals surface area (Å²) in [6, 6.07) is 0. The van der Waals surface area contributed by atoms with Gasteiger partial charge >= 0.3 is 0 Å². The normalized spacial score (nSPS) is 57.0. The Bertz CT molecular complexity index is 76.0. The molecule has 2 saturated carbocycles. The molecule has 2 unspecified atom stereocenters. The van der Waals surface area contributed by atoms with Crippen LogP contribution in [0.25, 0.3) is 0 Å². The van der Waals surface area contributed by atoms with Crippen LogP contribution in [0.15, 0.2) is 0 Å². The fraction of sp³-hybridized carbons (Fsp3) is 1.00. The fourth-order valence-electron chi connectivity index (χ4n) is 2.02. The van der Waals surface area contributed by atoms with Crippen LogP contribution in [0.4, 0.5) is 0 Å². The van der Waals surface area contributed by atoms with Crippen molar-refractivity contribution in [2.45, 2.75) is 26.2 Å². The Morgan fingerprint density at radius 1 is 1.00 bits per heavy atom. The second kappa shape index (κ2) is 1.04. The Hall–Kier alpha value is 0. The van der Waals surface area contributed by atoms with E-state index in [1.165, 1.54) is 11.8 Å². The first kappa shape index (κ1) is 3.94. The van der Waals surface area contributed by atoms with E-state index in [1.54, 1.807) is 19.3 Å². The zero-order chi connectivity index (χ0) is 4.85. The van der Waals surface area contributed by atoms with Crippen molar-refractivity contribution in [2.24, 2.45) is 17.8 Å². The maximum absolute atomic E-state index is 2.38. The van der Waals surface area contributed by atoms with Gasteiger partial charge in [-0.15, -0.1) is 0 Å². The largest absolute Gasteiger partial charge is 0.0625 e. The summed E-state index contributed by atoms with van der Waals surface area (Å²) in [6.07, 6.45) is 4.67. The van der Waals surface area contributed by atoms with Crippen molar-refractivity contribution < 1.29 is 0 Å². The lowest BCUT2D eigenvalue weighted by molar-refractivity contribution is 0.535. The standard InChI is InChI=1S/C7H12/c1-5-2-6-4-7(6)3-5/h5-7H,2-4H2,1H3/t5?,6-,7?/m1/s1. The van der Waals surface area contributed by atoms with Crippen molar-refractivity contribution in [3.8, 4) is 0 Å². The average Bonchev–Trinajstić information content (AvgIpc) is 2.15. The van der Waals surface area contributed by atoms with Crippen molar-refractivity contribution in [2.75, 3.05) is 0 Å². The second-order valence-electron chi connectivity index (χ2n) is 3.33. The van der Waals surface area contributed by atoms with Gasteiger partial charge in [-0.2, -0.15) is 0 Å². The van der Waals surface area contributed by atoms with Gasteiger partial charge in [-0.1, -0.05) is 6.92 Å². The molecule has 0 heteroatoms. The molecule has 0 radical (unpaired) electrons. The summed E-state index contributed by atoms with van der Waals surface area (Å²) in [5, 5.41) is 0. The molecule has 0 heterocycles. The Balaban J connectivity index is 2.02. The van der Waals surface area contributed by atoms with Crippen LogP contribution >= 0.6 is 0 Å². The number of hydrogen-bond acceptors (Lipinski definition) is 0. The van der Waals surface area contributed by atoms with Crippen molar-refractivity contribution in [1.29, 1.82) is 0 Å². The number of hydrogen-bond donors (Lipinski definition) is 0. The lowest BCUT2D eigenvalue weighted by atomic mass is 10.1. The van der Waals surface area contributed by atoms with E-state index in [4.69, 9.17) is 0 Å². The van der Waals surface area contributed by atoms with E-state index in [0.717, 1.165) is 5.92 Å². The van der Waals surface area contributed by atoms with Crippen molar-refractivity contribution in [3.63, 3.8) is 0 Å². The van der Waals surface area contributed by atoms with Gasteiger partial charge in [0, 0.05) is 0 Å². The average molecular weight is 96.2 g/mol. The molecule has 0 nitrogen and oxygen atoms in total. The number of rotatable bonds is 0. The molecule has 0 spiro atoms. The maximum atomic E-state index is 2.38. The van der Waals surface area contributed by atoms with Gasteiger partial charge in [-0.05, 0) is 37.0 Å². The molecule has 2 fully saturated rings. The van der Waals surface area contributed by atoms with Gasteiger partial charge in [-0.3, -0.25) is 0 Å². The summed E-state index contributed by atoms with van der Waals surface area (Å²) in [5.74, 6) is 3.45. The molecular weight excluding hydrogens is 84.1 g/mol. The molecular formula is C7H12. The van der Waals surface area contributed by atoms with E-state index >= 15 is 0 Å². The van der Waals surface area contributed by atoms with E-state index in [1.807, 2.05) is 0 Å². The third kappa shape index (κ3) is 0.490. The molecule has 2 aliphatic carbocycles. The minimum absolute atomic E-state index is 1.07. The number of fused-ring (bicyclic) bond motifs is 1. The molecule has 0 N–H and O–H groups in total. The quantitative estimate of drug-likeness (QED) is 0.433. The van der Waals surface area contributed by atoms with Crippen molar-refractivity contribution in [1.82, 2.24) is 0 Å². The third-order valence-corrected chi connectivity index (χ3v) is 2.48. The topological polar surface area (TPSA) is 0 Å². The van der Waals surface area contributed by atoms with Crippen LogP contribution in [0.5, 0.6) is 0 Å². The Kier molecular flexibility index (Phi) is 0.586. The molecule has 0 aromatic heterocycles. The molecule has 40 valence electrons. The molecule has 0 bridgehead atoms. The first-order valence-corrected chi connectivity index (χ1v) is 3.36. The maximum Gasteiger partial charge on any atom is -0.0380 e. The van der Waals surface area contributed by atoms with Gasteiger partial charge < -0.3 is 0 Å². The summed E-state index contributed by atoms with van der Waals surface area (Å²) in [7, 11) is 0. The lowest BCUT2D eigenvalue weighted by Gasteiger charge is -1.98. The molecule has 0 saturated heterocycles. The van der Waals surface area contributed by atoms with Crippen LogP contribution in [0.2, 0.25) is 0 Å². The highest BCUT2D eigenvalue weighted by Gasteiger charge is 2.43. The van der Waals surface area contributed by atoms with Gasteiger partial charge in [0.15, 0.2) is 0 Å². The molecule has 2 aliphatic rings. The molecule has 0 aromatic carbocycles. The second-order valence-corrected chi connectivity index (χ2v) is 3.33. The van der Waals surface area contributed by atoms with E-state index in [2.05, 4.69) is 6.92 Å². The molecule has 0 aromatic rings. The summed E-state index contributed by atoms with van der Waals surface area (Å²) in [6.45, 7) is 2.38. The summed E-state index contributed by atoms with van der Waals surface area (Å²) >= 11 is 0. The van der Waals surface area contributed by atoms with Gasteiger partial charge in [0.25, 0.3) is 0 Å². The molecule has 0 aliphatic heterocycles. The Morgan fingerprint density at radius 3 is 1.86 bits per heavy atom. The van der Waals surface area contributed by atoms with Crippen LogP contribution < -0.4 is 0 Å². The predicted molar refractivity (Wildman–Crippen MR) is 30.0 cm³/mol. The Morgan fingerprint density at radius 2 is 1.57 bits per heavy atom. The highest BCUT2D eigenvalue weighted by atomic mass is 14.5. The highest BCUT2D eigenvalue weighted by Crippen LogP contribution is 2.53. The molecule has 2 rings (SSSR count). The van der Waals surface area contributed by atoms with E-state index in [9.17, 15) is 0 Å². The zero-order valence-corrected chi connectivity index (χ0v) is 4.85. The highest BCUT2D eigenvalue weighted by molar-refractivity contribution is 4.94. The van der Waals surface area contributed by atoms with Crippen LogP contribution in [0.3, 0.4) is 0 Å². The van der Waals surface area contributed by atoms with E-state index < -0.39 is 0 Å². The SMILES string of the molecule is CC1CC2C[C@H]2C1. The van der Waals surface area contributed by atoms with E-state index in [-0.39, 0.29) is 0 Å². The Labute approximate surface area is 44.9 Å². The van der Waals surface area contributed by atoms with Gasteiger partial charge in [0.1, 0.15) is 0 Å². The minimum atomic E-state index is 1.07. The molecule has 0 amide bonds. The predicted octanol–water partition coefficient (Wildman–Crippen LogP) is 2.05. The first-order valence-electron chi connectivity index (χ1n) is 3.36. The third-order valence-electron chi connectivity index (χ3n) is 2.48. The van der Waals surface area contributed by atoms with E-state index in [0.29, 0.717) is 0 Å². The molecule has 3 atom stereocenters. The monoisotopic (exact) mass is 96.1 g/mol. The lowest BCUT2D eigenvalue weighted by Crippen LogP contribution is -1.86. The minimum Gasteiger partial charge on any atom is -0.0625 e. The zero-order valence-electron chi connectivity index (χ0n) is 4.85.